The molecule has 0 unspecified atom stereocenters. The van der Waals surface area contributed by atoms with Gasteiger partial charge in [0.15, 0.2) is 5.78 Å². The van der Waals surface area contributed by atoms with Crippen LogP contribution in [0.15, 0.2) is 11.8 Å². The predicted octanol–water partition coefficient (Wildman–Crippen LogP) is 0.878. The van der Waals surface area contributed by atoms with Crippen molar-refractivity contribution >= 4 is 5.78 Å². The van der Waals surface area contributed by atoms with Crippen molar-refractivity contribution in [2.24, 2.45) is 5.41 Å². The highest BCUT2D eigenvalue weighted by Gasteiger charge is 2.31. The van der Waals surface area contributed by atoms with E-state index in [1.807, 2.05) is 6.92 Å². The number of hydrogen-bond acceptors (Lipinski definition) is 3. The van der Waals surface area contributed by atoms with E-state index in [1.54, 1.807) is 7.11 Å². The van der Waals surface area contributed by atoms with Crippen LogP contribution in [0.5, 0.6) is 0 Å². The monoisotopic (exact) mass is 170 g/mol. The van der Waals surface area contributed by atoms with Gasteiger partial charge in [-0.15, -0.1) is 0 Å². The third kappa shape index (κ3) is 1.85. The second-order valence-electron chi connectivity index (χ2n) is 3.60. The Morgan fingerprint density at radius 1 is 1.67 bits per heavy atom. The molecular formula is C9H14O3. The van der Waals surface area contributed by atoms with Crippen molar-refractivity contribution < 1.29 is 14.6 Å². The van der Waals surface area contributed by atoms with Gasteiger partial charge in [-0.2, -0.15) is 0 Å². The summed E-state index contributed by atoms with van der Waals surface area (Å²) in [4.78, 5) is 11.1. The molecule has 1 aliphatic rings. The second-order valence-corrected chi connectivity index (χ2v) is 3.60. The summed E-state index contributed by atoms with van der Waals surface area (Å²) < 4.78 is 4.99. The summed E-state index contributed by atoms with van der Waals surface area (Å²) >= 11 is 0. The van der Waals surface area contributed by atoms with E-state index in [0.29, 0.717) is 18.6 Å². The molecule has 0 spiro atoms. The minimum absolute atomic E-state index is 0.0272. The summed E-state index contributed by atoms with van der Waals surface area (Å²) in [6.07, 6.45) is 2.57. The van der Waals surface area contributed by atoms with E-state index in [1.165, 1.54) is 6.08 Å². The van der Waals surface area contributed by atoms with Crippen molar-refractivity contribution in [1.29, 1.82) is 0 Å². The molecule has 3 heteroatoms. The molecule has 68 valence electrons. The summed E-state index contributed by atoms with van der Waals surface area (Å²) in [7, 11) is 1.54. The molecule has 0 bridgehead atoms. The number of allylic oxidation sites excluding steroid dienone is 2. The molecule has 12 heavy (non-hydrogen) atoms. The van der Waals surface area contributed by atoms with Gasteiger partial charge in [0, 0.05) is 30.9 Å². The Kier molecular flexibility index (Phi) is 2.52. The zero-order valence-electron chi connectivity index (χ0n) is 7.46. The Bertz CT molecular complexity index is 220. The molecule has 0 aliphatic heterocycles. The van der Waals surface area contributed by atoms with Gasteiger partial charge in [-0.05, 0) is 0 Å². The SMILES string of the molecule is COC1=CC(=O)C[C@@](C)(CO)C1. The molecule has 1 rings (SSSR count). The van der Waals surface area contributed by atoms with Crippen molar-refractivity contribution in [2.75, 3.05) is 13.7 Å². The second kappa shape index (κ2) is 3.27. The summed E-state index contributed by atoms with van der Waals surface area (Å²) in [5.74, 6) is 0.706. The summed E-state index contributed by atoms with van der Waals surface area (Å²) in [5.41, 5.74) is -0.322. The quantitative estimate of drug-likeness (QED) is 0.669. The van der Waals surface area contributed by atoms with E-state index < -0.39 is 0 Å². The van der Waals surface area contributed by atoms with Gasteiger partial charge in [0.25, 0.3) is 0 Å². The van der Waals surface area contributed by atoms with Gasteiger partial charge in [-0.25, -0.2) is 0 Å². The molecular weight excluding hydrogens is 156 g/mol. The summed E-state index contributed by atoms with van der Waals surface area (Å²) in [6, 6.07) is 0. The predicted molar refractivity (Wildman–Crippen MR) is 44.5 cm³/mol. The maximum Gasteiger partial charge on any atom is 0.159 e. The Hall–Kier alpha value is -0.830. The molecule has 3 nitrogen and oxygen atoms in total. The smallest absolute Gasteiger partial charge is 0.159 e. The third-order valence-corrected chi connectivity index (χ3v) is 2.17. The van der Waals surface area contributed by atoms with Crippen LogP contribution in [-0.4, -0.2) is 24.6 Å². The van der Waals surface area contributed by atoms with Crippen LogP contribution in [0.1, 0.15) is 19.8 Å². The Labute approximate surface area is 72.0 Å². The number of hydrogen-bond donors (Lipinski definition) is 1. The summed E-state index contributed by atoms with van der Waals surface area (Å²) in [5, 5.41) is 9.05. The molecule has 0 aromatic carbocycles. The van der Waals surface area contributed by atoms with Gasteiger partial charge in [-0.1, -0.05) is 6.92 Å². The third-order valence-electron chi connectivity index (χ3n) is 2.17. The zero-order chi connectivity index (χ0) is 9.19. The molecule has 0 aromatic rings. The van der Waals surface area contributed by atoms with E-state index in [0.717, 1.165) is 0 Å². The number of aliphatic hydroxyl groups is 1. The fraction of sp³-hybridized carbons (Fsp3) is 0.667. The van der Waals surface area contributed by atoms with Gasteiger partial charge in [0.05, 0.1) is 12.9 Å². The Morgan fingerprint density at radius 3 is 2.83 bits per heavy atom. The average Bonchev–Trinajstić information content (AvgIpc) is 2.03. The number of rotatable bonds is 2. The normalized spacial score (nSPS) is 29.9. The summed E-state index contributed by atoms with van der Waals surface area (Å²) in [6.45, 7) is 1.91. The van der Waals surface area contributed by atoms with Crippen molar-refractivity contribution in [2.45, 2.75) is 19.8 Å². The van der Waals surface area contributed by atoms with Gasteiger partial charge in [-0.3, -0.25) is 4.79 Å². The van der Waals surface area contributed by atoms with Crippen LogP contribution in [0.3, 0.4) is 0 Å². The van der Waals surface area contributed by atoms with Crippen molar-refractivity contribution in [1.82, 2.24) is 0 Å². The van der Waals surface area contributed by atoms with E-state index in [2.05, 4.69) is 0 Å². The molecule has 0 fully saturated rings. The minimum atomic E-state index is -0.322. The molecule has 0 saturated carbocycles. The molecule has 0 aromatic heterocycles. The lowest BCUT2D eigenvalue weighted by atomic mass is 9.78. The first-order valence-corrected chi connectivity index (χ1v) is 3.98. The van der Waals surface area contributed by atoms with Crippen LogP contribution in [0.4, 0.5) is 0 Å². The van der Waals surface area contributed by atoms with E-state index in [9.17, 15) is 4.79 Å². The topological polar surface area (TPSA) is 46.5 Å². The maximum absolute atomic E-state index is 11.1. The van der Waals surface area contributed by atoms with Crippen LogP contribution in [0.25, 0.3) is 0 Å². The highest BCUT2D eigenvalue weighted by atomic mass is 16.5. The largest absolute Gasteiger partial charge is 0.501 e. The van der Waals surface area contributed by atoms with Gasteiger partial charge < -0.3 is 9.84 Å². The lowest BCUT2D eigenvalue weighted by Gasteiger charge is -2.29. The van der Waals surface area contributed by atoms with Crippen LogP contribution < -0.4 is 0 Å². The van der Waals surface area contributed by atoms with Gasteiger partial charge in [0.1, 0.15) is 0 Å². The van der Waals surface area contributed by atoms with Crippen molar-refractivity contribution in [3.63, 3.8) is 0 Å². The van der Waals surface area contributed by atoms with E-state index in [-0.39, 0.29) is 17.8 Å². The molecule has 0 heterocycles. The molecule has 0 saturated heterocycles. The van der Waals surface area contributed by atoms with Gasteiger partial charge in [0.2, 0.25) is 0 Å². The molecule has 1 atom stereocenters. The highest BCUT2D eigenvalue weighted by molar-refractivity contribution is 5.91. The van der Waals surface area contributed by atoms with E-state index in [4.69, 9.17) is 9.84 Å². The zero-order valence-corrected chi connectivity index (χ0v) is 7.46. The number of carbonyl (C=O) groups excluding carboxylic acids is 1. The van der Waals surface area contributed by atoms with Crippen LogP contribution in [0, 0.1) is 5.41 Å². The first-order valence-electron chi connectivity index (χ1n) is 3.98. The molecule has 0 amide bonds. The highest BCUT2D eigenvalue weighted by Crippen LogP contribution is 2.33. The Balaban J connectivity index is 2.79. The van der Waals surface area contributed by atoms with Gasteiger partial charge >= 0.3 is 0 Å². The van der Waals surface area contributed by atoms with Crippen LogP contribution in [-0.2, 0) is 9.53 Å². The fourth-order valence-corrected chi connectivity index (χ4v) is 1.43. The van der Waals surface area contributed by atoms with Crippen molar-refractivity contribution in [3.05, 3.63) is 11.8 Å². The van der Waals surface area contributed by atoms with E-state index >= 15 is 0 Å². The molecule has 1 N–H and O–H groups in total. The number of aliphatic hydroxyl groups excluding tert-OH is 1. The van der Waals surface area contributed by atoms with Crippen LogP contribution >= 0.6 is 0 Å². The number of carbonyl (C=O) groups is 1. The van der Waals surface area contributed by atoms with Crippen molar-refractivity contribution in [3.8, 4) is 0 Å². The number of methoxy groups -OCH3 is 1. The maximum atomic E-state index is 11.1. The average molecular weight is 170 g/mol. The minimum Gasteiger partial charge on any atom is -0.501 e. The number of ketones is 1. The van der Waals surface area contributed by atoms with Crippen LogP contribution in [0.2, 0.25) is 0 Å². The molecule has 0 radical (unpaired) electrons. The first-order chi connectivity index (χ1) is 5.59. The fourth-order valence-electron chi connectivity index (χ4n) is 1.43. The number of ether oxygens (including phenoxy) is 1. The lowest BCUT2D eigenvalue weighted by molar-refractivity contribution is -0.118. The first kappa shape index (κ1) is 9.26. The molecule has 1 aliphatic carbocycles. The standard InChI is InChI=1S/C9H14O3/c1-9(6-10)4-7(11)3-8(5-9)12-2/h3,10H,4-6H2,1-2H3/t9-/m1/s1. The Morgan fingerprint density at radius 2 is 2.33 bits per heavy atom. The lowest BCUT2D eigenvalue weighted by Crippen LogP contribution is -2.29.